The van der Waals surface area contributed by atoms with Gasteiger partial charge in [-0.15, -0.1) is 0 Å². The molecule has 2 aliphatic heterocycles. The summed E-state index contributed by atoms with van der Waals surface area (Å²) in [5, 5.41) is 2.92. The Morgan fingerprint density at radius 3 is 2.62 bits per heavy atom. The van der Waals surface area contributed by atoms with Crippen molar-refractivity contribution in [3.8, 4) is 11.5 Å². The molecule has 8 nitrogen and oxygen atoms in total. The molecule has 0 saturated heterocycles. The third-order valence-electron chi connectivity index (χ3n) is 5.71. The highest BCUT2D eigenvalue weighted by molar-refractivity contribution is 8.15. The monoisotopic (exact) mass is 480 g/mol. The molecule has 0 unspecified atom stereocenters. The number of ether oxygens (including phenoxy) is 2. The van der Waals surface area contributed by atoms with Gasteiger partial charge in [-0.1, -0.05) is 44.7 Å². The zero-order chi connectivity index (χ0) is 24.4. The number of thioether (sulfide) groups is 1. The normalized spacial score (nSPS) is 17.5. The maximum absolute atomic E-state index is 13.3. The van der Waals surface area contributed by atoms with Gasteiger partial charge < -0.3 is 14.8 Å². The van der Waals surface area contributed by atoms with E-state index in [9.17, 15) is 9.59 Å². The number of amides is 2. The molecule has 2 aliphatic rings. The summed E-state index contributed by atoms with van der Waals surface area (Å²) in [6.45, 7) is 5.88. The first kappa shape index (κ1) is 23.8. The van der Waals surface area contributed by atoms with Crippen molar-refractivity contribution < 1.29 is 19.1 Å². The minimum atomic E-state index is -0.483. The average molecular weight is 481 g/mol. The SMILES string of the molecule is CC[C@@H](SC1=Nc2ccccc2C2=N[C@H](C(C)C)C(=O)N12)C(=O)Nc1ccc(OC)cc1OC. The van der Waals surface area contributed by atoms with Crippen molar-refractivity contribution >= 4 is 46.0 Å². The Morgan fingerprint density at radius 2 is 1.94 bits per heavy atom. The second kappa shape index (κ2) is 9.89. The molecule has 0 aliphatic carbocycles. The number of carbonyl (C=O) groups is 2. The van der Waals surface area contributed by atoms with Crippen LogP contribution in [0.4, 0.5) is 11.4 Å². The molecule has 2 heterocycles. The van der Waals surface area contributed by atoms with Crippen molar-refractivity contribution in [2.45, 2.75) is 38.5 Å². The van der Waals surface area contributed by atoms with Crippen LogP contribution in [0.3, 0.4) is 0 Å². The average Bonchev–Trinajstić information content (AvgIpc) is 3.20. The van der Waals surface area contributed by atoms with Gasteiger partial charge in [-0.05, 0) is 36.6 Å². The molecule has 2 aromatic rings. The Balaban J connectivity index is 1.61. The van der Waals surface area contributed by atoms with E-state index in [1.165, 1.54) is 18.9 Å². The van der Waals surface area contributed by atoms with Crippen LogP contribution in [0.5, 0.6) is 11.5 Å². The van der Waals surface area contributed by atoms with Crippen molar-refractivity contribution in [3.05, 3.63) is 48.0 Å². The maximum atomic E-state index is 13.3. The lowest BCUT2D eigenvalue weighted by molar-refractivity contribution is -0.125. The lowest BCUT2D eigenvalue weighted by Crippen LogP contribution is -2.43. The molecule has 2 aromatic carbocycles. The van der Waals surface area contributed by atoms with Gasteiger partial charge in [-0.25, -0.2) is 9.89 Å². The van der Waals surface area contributed by atoms with Gasteiger partial charge in [0.1, 0.15) is 23.4 Å². The predicted octanol–water partition coefficient (Wildman–Crippen LogP) is 4.47. The molecule has 2 atom stereocenters. The van der Waals surface area contributed by atoms with Gasteiger partial charge in [0, 0.05) is 11.6 Å². The molecule has 0 bridgehead atoms. The summed E-state index contributed by atoms with van der Waals surface area (Å²) in [5.41, 5.74) is 2.11. The smallest absolute Gasteiger partial charge is 0.259 e. The number of aliphatic imine (C=N–C) groups is 2. The minimum absolute atomic E-state index is 0.0526. The van der Waals surface area contributed by atoms with Crippen molar-refractivity contribution in [2.24, 2.45) is 15.9 Å². The number of fused-ring (bicyclic) bond motifs is 3. The lowest BCUT2D eigenvalue weighted by Gasteiger charge is -2.27. The van der Waals surface area contributed by atoms with Gasteiger partial charge in [0.05, 0.1) is 30.8 Å². The number of rotatable bonds is 7. The Kier molecular flexibility index (Phi) is 6.92. The van der Waals surface area contributed by atoms with E-state index in [-0.39, 0.29) is 17.7 Å². The number of para-hydroxylation sites is 1. The van der Waals surface area contributed by atoms with E-state index in [0.29, 0.717) is 34.6 Å². The fourth-order valence-corrected chi connectivity index (χ4v) is 4.87. The van der Waals surface area contributed by atoms with Crippen LogP contribution in [0.1, 0.15) is 32.8 Å². The van der Waals surface area contributed by atoms with Crippen molar-refractivity contribution in [3.63, 3.8) is 0 Å². The van der Waals surface area contributed by atoms with Crippen LogP contribution >= 0.6 is 11.8 Å². The molecule has 0 fully saturated rings. The van der Waals surface area contributed by atoms with Crippen LogP contribution in [-0.4, -0.2) is 53.2 Å². The summed E-state index contributed by atoms with van der Waals surface area (Å²) in [7, 11) is 3.11. The van der Waals surface area contributed by atoms with Crippen LogP contribution in [0.25, 0.3) is 0 Å². The van der Waals surface area contributed by atoms with E-state index < -0.39 is 11.3 Å². The molecule has 34 heavy (non-hydrogen) atoms. The Labute approximate surface area is 203 Å². The quantitative estimate of drug-likeness (QED) is 0.631. The summed E-state index contributed by atoms with van der Waals surface area (Å²) < 4.78 is 10.6. The second-order valence-corrected chi connectivity index (χ2v) is 9.47. The third kappa shape index (κ3) is 4.40. The molecule has 0 spiro atoms. The topological polar surface area (TPSA) is 92.6 Å². The molecule has 1 N–H and O–H groups in total. The molecular formula is C25H28N4O4S. The number of anilines is 1. The van der Waals surface area contributed by atoms with Crippen LogP contribution in [0, 0.1) is 5.92 Å². The van der Waals surface area contributed by atoms with Gasteiger partial charge in [0.15, 0.2) is 5.17 Å². The van der Waals surface area contributed by atoms with E-state index in [4.69, 9.17) is 19.5 Å². The van der Waals surface area contributed by atoms with Gasteiger partial charge in [-0.3, -0.25) is 14.6 Å². The van der Waals surface area contributed by atoms with Crippen LogP contribution in [-0.2, 0) is 9.59 Å². The lowest BCUT2D eigenvalue weighted by atomic mass is 10.1. The number of carbonyl (C=O) groups excluding carboxylic acids is 2. The summed E-state index contributed by atoms with van der Waals surface area (Å²) in [5.74, 6) is 1.47. The van der Waals surface area contributed by atoms with Gasteiger partial charge >= 0.3 is 0 Å². The van der Waals surface area contributed by atoms with Gasteiger partial charge in [0.25, 0.3) is 5.91 Å². The van der Waals surface area contributed by atoms with Crippen molar-refractivity contribution in [2.75, 3.05) is 19.5 Å². The van der Waals surface area contributed by atoms with Crippen LogP contribution in [0.2, 0.25) is 0 Å². The standard InChI is InChI=1S/C25H28N4O4S/c1-6-20(23(30)26-18-12-11-15(32-4)13-19(18)33-5)34-25-27-17-10-8-7-9-16(17)22-28-21(14(2)3)24(31)29(22)25/h7-14,20-21H,6H2,1-5H3,(H,26,30)/t20-,21-/m1/s1. The maximum Gasteiger partial charge on any atom is 0.259 e. The summed E-state index contributed by atoms with van der Waals surface area (Å²) in [6, 6.07) is 12.4. The summed E-state index contributed by atoms with van der Waals surface area (Å²) in [4.78, 5) is 37.5. The van der Waals surface area contributed by atoms with E-state index in [1.807, 2.05) is 45.0 Å². The number of methoxy groups -OCH3 is 2. The zero-order valence-corrected chi connectivity index (χ0v) is 20.7. The Hall–Kier alpha value is -3.33. The van der Waals surface area contributed by atoms with E-state index in [0.717, 1.165) is 11.3 Å². The number of amidine groups is 2. The minimum Gasteiger partial charge on any atom is -0.497 e. The van der Waals surface area contributed by atoms with Gasteiger partial charge in [-0.2, -0.15) is 0 Å². The molecule has 0 saturated carbocycles. The summed E-state index contributed by atoms with van der Waals surface area (Å²) in [6.07, 6.45) is 0.539. The number of nitrogens with zero attached hydrogens (tertiary/aromatic N) is 3. The van der Waals surface area contributed by atoms with E-state index in [1.54, 1.807) is 30.2 Å². The van der Waals surface area contributed by atoms with Crippen molar-refractivity contribution in [1.29, 1.82) is 0 Å². The largest absolute Gasteiger partial charge is 0.497 e. The molecule has 2 amide bonds. The highest BCUT2D eigenvalue weighted by atomic mass is 32.2. The molecule has 0 radical (unpaired) electrons. The number of nitrogens with one attached hydrogen (secondary N) is 1. The second-order valence-electron chi connectivity index (χ2n) is 8.30. The first-order chi connectivity index (χ1) is 16.4. The first-order valence-electron chi connectivity index (χ1n) is 11.2. The van der Waals surface area contributed by atoms with Crippen LogP contribution < -0.4 is 14.8 Å². The highest BCUT2D eigenvalue weighted by Crippen LogP contribution is 2.37. The van der Waals surface area contributed by atoms with E-state index >= 15 is 0 Å². The predicted molar refractivity (Wildman–Crippen MR) is 135 cm³/mol. The molecule has 4 rings (SSSR count). The summed E-state index contributed by atoms with van der Waals surface area (Å²) >= 11 is 1.27. The highest BCUT2D eigenvalue weighted by Gasteiger charge is 2.43. The van der Waals surface area contributed by atoms with Gasteiger partial charge in [0.2, 0.25) is 5.91 Å². The number of hydrogen-bond acceptors (Lipinski definition) is 7. The fourth-order valence-electron chi connectivity index (χ4n) is 3.85. The molecule has 9 heteroatoms. The molecular weight excluding hydrogens is 452 g/mol. The first-order valence-corrected chi connectivity index (χ1v) is 12.0. The Morgan fingerprint density at radius 1 is 1.18 bits per heavy atom. The third-order valence-corrected chi connectivity index (χ3v) is 7.02. The fraction of sp³-hybridized carbons (Fsp3) is 0.360. The number of benzene rings is 2. The number of hydrogen-bond donors (Lipinski definition) is 1. The van der Waals surface area contributed by atoms with Crippen LogP contribution in [0.15, 0.2) is 52.4 Å². The van der Waals surface area contributed by atoms with Crippen molar-refractivity contribution in [1.82, 2.24) is 4.90 Å². The molecule has 178 valence electrons. The molecule has 0 aromatic heterocycles. The van der Waals surface area contributed by atoms with E-state index in [2.05, 4.69) is 5.32 Å². The Bertz CT molecular complexity index is 1180. The zero-order valence-electron chi connectivity index (χ0n) is 19.9.